The molecule has 0 bridgehead atoms. The topological polar surface area (TPSA) is 140 Å². The fraction of sp³-hybridized carbons (Fsp3) is 0.394. The second-order valence-electron chi connectivity index (χ2n) is 10.6. The maximum atomic E-state index is 13.1. The van der Waals surface area contributed by atoms with Gasteiger partial charge >= 0.3 is 5.69 Å². The van der Waals surface area contributed by atoms with Crippen molar-refractivity contribution < 1.29 is 42.9 Å². The van der Waals surface area contributed by atoms with Gasteiger partial charge in [-0.2, -0.15) is 0 Å². The van der Waals surface area contributed by atoms with Gasteiger partial charge < -0.3 is 38.1 Å². The number of benzene rings is 3. The number of carbonyl (C=O) groups excluding carboxylic acids is 1. The molecule has 0 aromatic heterocycles. The molecule has 1 saturated heterocycles. The molecule has 1 fully saturated rings. The Morgan fingerprint density at radius 3 is 2.20 bits per heavy atom. The van der Waals surface area contributed by atoms with Gasteiger partial charge in [-0.05, 0) is 44.2 Å². The predicted molar refractivity (Wildman–Crippen MR) is 169 cm³/mol. The molecule has 1 amide bonds. The van der Waals surface area contributed by atoms with E-state index in [0.717, 1.165) is 38.6 Å². The van der Waals surface area contributed by atoms with Crippen LogP contribution in [0.3, 0.4) is 0 Å². The maximum Gasteiger partial charge on any atom is 0.311 e. The number of carbonyl (C=O) groups is 1. The Labute approximate surface area is 266 Å². The zero-order valence-corrected chi connectivity index (χ0v) is 26.3. The summed E-state index contributed by atoms with van der Waals surface area (Å²) in [5.41, 5.74) is 0.882. The molecule has 0 N–H and O–H groups in total. The fourth-order valence-electron chi connectivity index (χ4n) is 5.43. The highest BCUT2D eigenvalue weighted by Gasteiger charge is 2.32. The normalized spacial score (nSPS) is 15.0. The van der Waals surface area contributed by atoms with Gasteiger partial charge in [-0.3, -0.25) is 19.9 Å². The van der Waals surface area contributed by atoms with Crippen LogP contribution in [0.1, 0.15) is 42.5 Å². The van der Waals surface area contributed by atoms with Crippen molar-refractivity contribution in [1.82, 2.24) is 4.90 Å². The van der Waals surface area contributed by atoms with Crippen molar-refractivity contribution in [2.24, 2.45) is 4.99 Å². The van der Waals surface area contributed by atoms with E-state index in [2.05, 4.69) is 4.99 Å². The van der Waals surface area contributed by atoms with Crippen LogP contribution in [-0.2, 0) is 0 Å². The van der Waals surface area contributed by atoms with Crippen molar-refractivity contribution in [1.29, 1.82) is 0 Å². The molecule has 0 saturated carbocycles. The summed E-state index contributed by atoms with van der Waals surface area (Å²) >= 11 is 0. The van der Waals surface area contributed by atoms with Gasteiger partial charge in [-0.15, -0.1) is 0 Å². The van der Waals surface area contributed by atoms with E-state index in [0.29, 0.717) is 59.0 Å². The number of hydrogen-bond acceptors (Lipinski definition) is 11. The van der Waals surface area contributed by atoms with Crippen molar-refractivity contribution in [2.45, 2.75) is 38.1 Å². The van der Waals surface area contributed by atoms with E-state index in [1.807, 2.05) is 11.1 Å². The predicted octanol–water partition coefficient (Wildman–Crippen LogP) is 6.37. The third kappa shape index (κ3) is 7.03. The first-order valence-corrected chi connectivity index (χ1v) is 15.0. The minimum absolute atomic E-state index is 0.00584. The number of nitro groups is 1. The van der Waals surface area contributed by atoms with Gasteiger partial charge in [0.15, 0.2) is 23.0 Å². The lowest BCUT2D eigenvalue weighted by Crippen LogP contribution is -2.35. The molecular formula is C33H37N3O10. The van der Waals surface area contributed by atoms with Crippen LogP contribution in [-0.4, -0.2) is 76.2 Å². The molecule has 13 nitrogen and oxygen atoms in total. The average Bonchev–Trinajstić information content (AvgIpc) is 3.50. The van der Waals surface area contributed by atoms with Crippen molar-refractivity contribution in [3.63, 3.8) is 0 Å². The van der Waals surface area contributed by atoms with Gasteiger partial charge in [0.1, 0.15) is 11.5 Å². The zero-order chi connectivity index (χ0) is 32.6. The van der Waals surface area contributed by atoms with Gasteiger partial charge in [-0.1, -0.05) is 0 Å². The Balaban J connectivity index is 1.14. The minimum Gasteiger partial charge on any atom is -0.493 e. The number of fused-ring (bicyclic) bond motifs is 2. The van der Waals surface area contributed by atoms with Gasteiger partial charge in [0, 0.05) is 43.1 Å². The van der Waals surface area contributed by atoms with Crippen LogP contribution in [0, 0.1) is 10.1 Å². The van der Waals surface area contributed by atoms with Crippen molar-refractivity contribution in [3.05, 3.63) is 58.1 Å². The van der Waals surface area contributed by atoms with E-state index in [-0.39, 0.29) is 29.1 Å². The van der Waals surface area contributed by atoms with Gasteiger partial charge in [0.2, 0.25) is 11.5 Å². The third-order valence-electron chi connectivity index (χ3n) is 7.77. The van der Waals surface area contributed by atoms with E-state index < -0.39 is 4.92 Å². The summed E-state index contributed by atoms with van der Waals surface area (Å²) in [6.45, 7) is 1.55. The molecule has 46 heavy (non-hydrogen) atoms. The van der Waals surface area contributed by atoms with Crippen LogP contribution < -0.4 is 33.2 Å². The summed E-state index contributed by atoms with van der Waals surface area (Å²) in [7, 11) is 5.97. The molecule has 3 aromatic carbocycles. The number of hydrogen-bond donors (Lipinski definition) is 0. The fourth-order valence-corrected chi connectivity index (χ4v) is 5.43. The number of nitro benzene ring substituents is 1. The molecule has 0 spiro atoms. The standard InChI is InChI=1S/C33H37N3O10/c1-40-28-18-24-25(34-20-21-9-8-12-35(21)33(24)37)19-29(28)45-14-7-5-6-13-44-22-10-11-26(36(38)39)27(15-22)46-23-16-30(41-2)32(43-4)31(17-23)42-3/h10-11,15-21H,5-9,12-14H2,1-4H3/t21-/m0/s1. The lowest BCUT2D eigenvalue weighted by atomic mass is 10.1. The van der Waals surface area contributed by atoms with Gasteiger partial charge in [-0.25, -0.2) is 0 Å². The van der Waals surface area contributed by atoms with E-state index >= 15 is 0 Å². The Morgan fingerprint density at radius 1 is 0.826 bits per heavy atom. The van der Waals surface area contributed by atoms with E-state index in [9.17, 15) is 14.9 Å². The summed E-state index contributed by atoms with van der Waals surface area (Å²) in [6, 6.07) is 11.0. The third-order valence-corrected chi connectivity index (χ3v) is 7.77. The summed E-state index contributed by atoms with van der Waals surface area (Å²) < 4.78 is 39.3. The molecule has 244 valence electrons. The number of ether oxygens (including phenoxy) is 7. The van der Waals surface area contributed by atoms with Crippen LogP contribution in [0.5, 0.6) is 46.0 Å². The second kappa shape index (κ2) is 14.7. The molecule has 1 atom stereocenters. The van der Waals surface area contributed by atoms with Gasteiger partial charge in [0.25, 0.3) is 5.91 Å². The van der Waals surface area contributed by atoms with Crippen molar-refractivity contribution in [2.75, 3.05) is 48.2 Å². The van der Waals surface area contributed by atoms with Crippen LogP contribution in [0.15, 0.2) is 47.5 Å². The van der Waals surface area contributed by atoms with Crippen LogP contribution in [0.25, 0.3) is 0 Å². The Kier molecular flexibility index (Phi) is 10.3. The molecule has 0 aliphatic carbocycles. The quantitative estimate of drug-likeness (QED) is 0.105. The smallest absolute Gasteiger partial charge is 0.311 e. The zero-order valence-electron chi connectivity index (χ0n) is 26.3. The number of methoxy groups -OCH3 is 4. The lowest BCUT2D eigenvalue weighted by molar-refractivity contribution is -0.385. The SMILES string of the molecule is COc1cc2c(cc1OCCCCCOc1ccc([N+](=O)[O-])c(Oc3cc(OC)c(OC)c(OC)c3)c1)N=C[C@@H]1CCCN1C2=O. The molecule has 5 rings (SSSR count). The minimum atomic E-state index is -0.524. The van der Waals surface area contributed by atoms with E-state index in [4.69, 9.17) is 33.2 Å². The number of unbranched alkanes of at least 4 members (excludes halogenated alkanes) is 2. The average molecular weight is 636 g/mol. The Hall–Kier alpha value is -5.20. The van der Waals surface area contributed by atoms with Crippen molar-refractivity contribution >= 4 is 23.5 Å². The monoisotopic (exact) mass is 635 g/mol. The summed E-state index contributed by atoms with van der Waals surface area (Å²) in [5.74, 6) is 2.76. The second-order valence-corrected chi connectivity index (χ2v) is 10.6. The molecule has 2 aliphatic rings. The first-order chi connectivity index (χ1) is 22.4. The number of amides is 1. The van der Waals surface area contributed by atoms with E-state index in [1.165, 1.54) is 39.5 Å². The van der Waals surface area contributed by atoms with Crippen LogP contribution in [0.2, 0.25) is 0 Å². The summed E-state index contributed by atoms with van der Waals surface area (Å²) in [5, 5.41) is 11.7. The van der Waals surface area contributed by atoms with Crippen LogP contribution >= 0.6 is 0 Å². The molecule has 13 heteroatoms. The molecule has 0 unspecified atom stereocenters. The number of aliphatic imine (C=N–C) groups is 1. The summed E-state index contributed by atoms with van der Waals surface area (Å²) in [6.07, 6.45) is 6.02. The molecule has 3 aromatic rings. The molecular weight excluding hydrogens is 598 g/mol. The van der Waals surface area contributed by atoms with Gasteiger partial charge in [0.05, 0.1) is 63.9 Å². The maximum absolute atomic E-state index is 13.1. The highest BCUT2D eigenvalue weighted by Crippen LogP contribution is 2.44. The molecule has 2 aliphatic heterocycles. The molecule has 0 radical (unpaired) electrons. The number of rotatable bonds is 15. The molecule has 2 heterocycles. The first-order valence-electron chi connectivity index (χ1n) is 15.0. The first kappa shape index (κ1) is 32.2. The highest BCUT2D eigenvalue weighted by atomic mass is 16.6. The lowest BCUT2D eigenvalue weighted by Gasteiger charge is -2.20. The van der Waals surface area contributed by atoms with Crippen LogP contribution in [0.4, 0.5) is 11.4 Å². The largest absolute Gasteiger partial charge is 0.493 e. The number of nitrogens with zero attached hydrogens (tertiary/aromatic N) is 3. The summed E-state index contributed by atoms with van der Waals surface area (Å²) in [4.78, 5) is 30.7. The van der Waals surface area contributed by atoms with E-state index in [1.54, 1.807) is 31.4 Å². The van der Waals surface area contributed by atoms with Crippen molar-refractivity contribution in [3.8, 4) is 46.0 Å². The Morgan fingerprint density at radius 2 is 1.52 bits per heavy atom. The highest BCUT2D eigenvalue weighted by molar-refractivity contribution is 6.03. The Bertz CT molecular complexity index is 1580.